The molecule has 0 saturated heterocycles. The van der Waals surface area contributed by atoms with Crippen LogP contribution in [0.1, 0.15) is 34.1 Å². The molecule has 0 spiro atoms. The van der Waals surface area contributed by atoms with Gasteiger partial charge in [0, 0.05) is 21.9 Å². The molecule has 2 fully saturated rings. The Bertz CT molecular complexity index is 1200. The molecule has 6 rings (SSSR count). The summed E-state index contributed by atoms with van der Waals surface area (Å²) in [5, 5.41) is 13.4. The van der Waals surface area contributed by atoms with Crippen LogP contribution in [0, 0.1) is 23.7 Å². The average Bonchev–Trinajstić information content (AvgIpc) is 3.40. The second-order valence-corrected chi connectivity index (χ2v) is 13.7. The molecule has 2 heterocycles. The lowest BCUT2D eigenvalue weighted by atomic mass is 9.65. The summed E-state index contributed by atoms with van der Waals surface area (Å²) in [6.07, 6.45) is 1.07. The van der Waals surface area contributed by atoms with Crippen molar-refractivity contribution in [2.24, 2.45) is 33.9 Å². The lowest BCUT2D eigenvalue weighted by molar-refractivity contribution is -0.572. The molecule has 0 N–H and O–H groups in total. The normalized spacial score (nSPS) is 33.5. The van der Waals surface area contributed by atoms with Crippen LogP contribution >= 0.6 is 69.6 Å². The molecule has 4 nitrogen and oxygen atoms in total. The fourth-order valence-corrected chi connectivity index (χ4v) is 9.61. The molecule has 0 aromatic heterocycles. The van der Waals surface area contributed by atoms with Crippen LogP contribution in [0.3, 0.4) is 0 Å². The van der Waals surface area contributed by atoms with Crippen molar-refractivity contribution in [1.29, 1.82) is 0 Å². The molecule has 2 bridgehead atoms. The van der Waals surface area contributed by atoms with E-state index in [-0.39, 0.29) is 35.0 Å². The van der Waals surface area contributed by atoms with Gasteiger partial charge in [-0.2, -0.15) is 0 Å². The highest BCUT2D eigenvalue weighted by atomic mass is 35.5. The maximum atomic E-state index is 6.68. The van der Waals surface area contributed by atoms with Gasteiger partial charge in [-0.1, -0.05) is 79.0 Å². The van der Waals surface area contributed by atoms with E-state index in [1.165, 1.54) is 0 Å². The van der Waals surface area contributed by atoms with Gasteiger partial charge in [0.05, 0.1) is 11.8 Å². The molecule has 4 aliphatic rings. The monoisotopic (exact) mass is 590 g/mol. The SMILES string of the molecule is CC1(C)N=[N+](c2c(Cl)cc(Cl)cc2Cl)[C@H]2[C@H]3C[C@H]([C@H]4[C@@H]3C(C)(C)N=[N+]4c3c(Cl)cc(Cl)cc3Cl)[C@H]21. The van der Waals surface area contributed by atoms with Crippen molar-refractivity contribution in [1.82, 2.24) is 0 Å². The molecule has 0 radical (unpaired) electrons. The number of fused-ring (bicyclic) bond motifs is 8. The van der Waals surface area contributed by atoms with Crippen LogP contribution in [0.15, 0.2) is 34.5 Å². The van der Waals surface area contributed by atoms with Crippen LogP contribution in [0.2, 0.25) is 30.1 Å². The first-order chi connectivity index (χ1) is 16.3. The van der Waals surface area contributed by atoms with Gasteiger partial charge in [-0.15, -0.1) is 0 Å². The topological polar surface area (TPSA) is 30.7 Å². The highest BCUT2D eigenvalue weighted by Gasteiger charge is 2.78. The smallest absolute Gasteiger partial charge is 0.0842 e. The number of azo groups is 4. The Hall–Kier alpha value is -0.620. The highest BCUT2D eigenvalue weighted by molar-refractivity contribution is 6.41. The first kappa shape index (κ1) is 24.7. The minimum Gasteiger partial charge on any atom is -0.0842 e. The van der Waals surface area contributed by atoms with Gasteiger partial charge in [-0.3, -0.25) is 0 Å². The predicted molar refractivity (Wildman–Crippen MR) is 142 cm³/mol. The van der Waals surface area contributed by atoms with E-state index in [2.05, 4.69) is 37.1 Å². The third kappa shape index (κ3) is 3.47. The lowest BCUT2D eigenvalue weighted by Crippen LogP contribution is -2.52. The highest BCUT2D eigenvalue weighted by Crippen LogP contribution is 2.66. The fraction of sp³-hybridized carbons (Fsp3) is 0.520. The molecule has 0 unspecified atom stereocenters. The zero-order valence-corrected chi connectivity index (χ0v) is 24.1. The van der Waals surface area contributed by atoms with Crippen molar-refractivity contribution in [2.75, 3.05) is 0 Å². The standard InChI is InChI=1S/C25H24Cl6N4/c1-24(2)18-12-9-13(20(18)34(32-24)22-14(28)5-10(26)6-15(22)29)19-21(12)35(33-25(19,3)4)23-16(30)7-11(27)8-17(23)31/h5-8,12-13,18-21H,9H2,1-4H3/q+2/t12-,13-,18+,19+,20-,21-/m0/s1. The third-order valence-electron chi connectivity index (χ3n) is 8.43. The van der Waals surface area contributed by atoms with E-state index in [9.17, 15) is 0 Å². The molecule has 2 aliphatic carbocycles. The summed E-state index contributed by atoms with van der Waals surface area (Å²) >= 11 is 39.2. The van der Waals surface area contributed by atoms with Gasteiger partial charge < -0.3 is 0 Å². The molecule has 184 valence electrons. The Morgan fingerprint density at radius 3 is 1.26 bits per heavy atom. The summed E-state index contributed by atoms with van der Waals surface area (Å²) in [5.41, 5.74) is 0.840. The van der Waals surface area contributed by atoms with E-state index in [4.69, 9.17) is 79.8 Å². The summed E-state index contributed by atoms with van der Waals surface area (Å²) in [4.78, 5) is 0. The summed E-state index contributed by atoms with van der Waals surface area (Å²) in [6.45, 7) is 8.79. The quantitative estimate of drug-likeness (QED) is 0.311. The number of benzene rings is 2. The first-order valence-corrected chi connectivity index (χ1v) is 13.9. The second kappa shape index (κ2) is 7.94. The molecule has 10 heteroatoms. The summed E-state index contributed by atoms with van der Waals surface area (Å²) in [7, 11) is 0. The summed E-state index contributed by atoms with van der Waals surface area (Å²) in [6, 6.07) is 7.26. The van der Waals surface area contributed by atoms with Crippen LogP contribution < -0.4 is 0 Å². The lowest BCUT2D eigenvalue weighted by Gasteiger charge is -2.34. The summed E-state index contributed by atoms with van der Waals surface area (Å²) in [5.74, 6) is 1.26. The molecular formula is C25H24Cl6N4+2. The van der Waals surface area contributed by atoms with Crippen molar-refractivity contribution in [2.45, 2.75) is 57.3 Å². The number of hydrogen-bond donors (Lipinski definition) is 0. The summed E-state index contributed by atoms with van der Waals surface area (Å²) < 4.78 is 4.18. The van der Waals surface area contributed by atoms with Crippen LogP contribution in [-0.4, -0.2) is 32.6 Å². The average molecular weight is 593 g/mol. The maximum Gasteiger partial charge on any atom is 0.268 e. The van der Waals surface area contributed by atoms with Crippen LogP contribution in [-0.2, 0) is 0 Å². The van der Waals surface area contributed by atoms with Crippen molar-refractivity contribution in [3.8, 4) is 0 Å². The fourth-order valence-electron chi connectivity index (χ4n) is 7.63. The van der Waals surface area contributed by atoms with Gasteiger partial charge in [0.2, 0.25) is 0 Å². The molecule has 2 saturated carbocycles. The minimum atomic E-state index is -0.312. The molecule has 0 amide bonds. The van der Waals surface area contributed by atoms with Gasteiger partial charge in [0.25, 0.3) is 11.4 Å². The van der Waals surface area contributed by atoms with E-state index in [1.807, 2.05) is 0 Å². The van der Waals surface area contributed by atoms with Crippen LogP contribution in [0.5, 0.6) is 0 Å². The second-order valence-electron chi connectivity index (χ2n) is 11.2. The van der Waals surface area contributed by atoms with Gasteiger partial charge in [-0.05, 0) is 68.6 Å². The van der Waals surface area contributed by atoms with Gasteiger partial charge in [0.1, 0.15) is 31.2 Å². The van der Waals surface area contributed by atoms with Gasteiger partial charge in [0.15, 0.2) is 12.1 Å². The molecule has 6 atom stereocenters. The molecule has 2 aliphatic heterocycles. The van der Waals surface area contributed by atoms with Crippen molar-refractivity contribution in [3.63, 3.8) is 0 Å². The van der Waals surface area contributed by atoms with Crippen molar-refractivity contribution < 1.29 is 9.39 Å². The zero-order chi connectivity index (χ0) is 25.2. The predicted octanol–water partition coefficient (Wildman–Crippen LogP) is 9.70. The van der Waals surface area contributed by atoms with Crippen molar-refractivity contribution in [3.05, 3.63) is 54.4 Å². The molecule has 35 heavy (non-hydrogen) atoms. The number of rotatable bonds is 2. The Morgan fingerprint density at radius 1 is 0.629 bits per heavy atom. The Balaban J connectivity index is 1.47. The number of halogens is 6. The Kier molecular flexibility index (Phi) is 5.61. The van der Waals surface area contributed by atoms with Crippen LogP contribution in [0.4, 0.5) is 11.4 Å². The van der Waals surface area contributed by atoms with Crippen molar-refractivity contribution >= 4 is 81.0 Å². The van der Waals surface area contributed by atoms with E-state index in [0.717, 1.165) is 17.8 Å². The van der Waals surface area contributed by atoms with Gasteiger partial charge >= 0.3 is 0 Å². The van der Waals surface area contributed by atoms with E-state index >= 15 is 0 Å². The Labute approximate surface area is 234 Å². The number of nitrogens with zero attached hydrogens (tertiary/aromatic N) is 4. The largest absolute Gasteiger partial charge is 0.268 e. The van der Waals surface area contributed by atoms with E-state index < -0.39 is 0 Å². The van der Waals surface area contributed by atoms with E-state index in [0.29, 0.717) is 42.0 Å². The molecule has 2 aromatic carbocycles. The first-order valence-electron chi connectivity index (χ1n) is 11.6. The van der Waals surface area contributed by atoms with E-state index in [1.54, 1.807) is 24.3 Å². The number of hydrogen-bond acceptors (Lipinski definition) is 2. The van der Waals surface area contributed by atoms with Crippen LogP contribution in [0.25, 0.3) is 0 Å². The van der Waals surface area contributed by atoms with Gasteiger partial charge in [-0.25, -0.2) is 0 Å². The third-order valence-corrected chi connectivity index (χ3v) is 10.0. The Morgan fingerprint density at radius 2 is 0.943 bits per heavy atom. The minimum absolute atomic E-state index is 0.165. The molecular weight excluding hydrogens is 569 g/mol. The zero-order valence-electron chi connectivity index (χ0n) is 19.5. The molecule has 2 aromatic rings. The maximum absolute atomic E-state index is 6.68.